The van der Waals surface area contributed by atoms with Gasteiger partial charge < -0.3 is 34.6 Å². The topological polar surface area (TPSA) is 174 Å². The summed E-state index contributed by atoms with van der Waals surface area (Å²) in [7, 11) is 1.52. The smallest absolute Gasteiger partial charge is 0.293 e. The van der Waals surface area contributed by atoms with Crippen molar-refractivity contribution in [1.82, 2.24) is 35.0 Å². The number of likely N-dealkylation sites (tertiary alicyclic amines) is 1. The summed E-state index contributed by atoms with van der Waals surface area (Å²) in [5.74, 6) is 0.593. The molecule has 0 radical (unpaired) electrons. The predicted molar refractivity (Wildman–Crippen MR) is 245 cm³/mol. The maximum Gasteiger partial charge on any atom is 0.293 e. The highest BCUT2D eigenvalue weighted by atomic mass is 35.5. The van der Waals surface area contributed by atoms with Crippen molar-refractivity contribution in [2.75, 3.05) is 68.0 Å². The average Bonchev–Trinajstić information content (AvgIpc) is 3.59. The fraction of sp³-hybridized carbons (Fsp3) is 0.511. The van der Waals surface area contributed by atoms with E-state index in [-0.39, 0.29) is 65.0 Å². The summed E-state index contributed by atoms with van der Waals surface area (Å²) in [6, 6.07) is 12.7. The number of imide groups is 1. The first-order valence-corrected chi connectivity index (χ1v) is 22.9. The van der Waals surface area contributed by atoms with Crippen LogP contribution in [0, 0.1) is 11.3 Å². The van der Waals surface area contributed by atoms with Crippen LogP contribution in [0.4, 0.5) is 23.1 Å². The number of carbonyl (C=O) groups is 4. The molecule has 4 saturated heterocycles. The SMILES string of the molecule is CNC(=O)COc1cc2cc(Nc3nc(N4CCC(C(C)(C)N5CCC6(CC5)CN(c5ccc7c(c5)CN(C5CCC(=O)NC5=O)C7=O)C6)CC4)ncc3Cl)ccc2n(C(C)C)c1=O. The molecule has 64 heavy (non-hydrogen) atoms. The number of amides is 4. The minimum Gasteiger partial charge on any atom is -0.478 e. The van der Waals surface area contributed by atoms with E-state index in [0.29, 0.717) is 41.2 Å². The van der Waals surface area contributed by atoms with Crippen molar-refractivity contribution in [2.45, 2.75) is 90.4 Å². The largest absolute Gasteiger partial charge is 0.478 e. The Hall–Kier alpha value is -5.74. The lowest BCUT2D eigenvalue weighted by Gasteiger charge is -2.58. The molecule has 5 aliphatic rings. The first kappa shape index (κ1) is 43.5. The lowest BCUT2D eigenvalue weighted by molar-refractivity contribution is -0.137. The Balaban J connectivity index is 0.787. The van der Waals surface area contributed by atoms with Gasteiger partial charge in [-0.25, -0.2) is 4.98 Å². The molecule has 2 aromatic carbocycles. The highest BCUT2D eigenvalue weighted by Crippen LogP contribution is 2.46. The van der Waals surface area contributed by atoms with Crippen LogP contribution in [0.2, 0.25) is 5.02 Å². The lowest BCUT2D eigenvalue weighted by Crippen LogP contribution is -2.63. The van der Waals surface area contributed by atoms with Gasteiger partial charge in [0.1, 0.15) is 11.1 Å². The average molecular weight is 893 g/mol. The van der Waals surface area contributed by atoms with Gasteiger partial charge in [0.05, 0.1) is 11.7 Å². The Morgan fingerprint density at radius 1 is 0.984 bits per heavy atom. The number of hydrogen-bond acceptors (Lipinski definition) is 12. The molecule has 17 heteroatoms. The summed E-state index contributed by atoms with van der Waals surface area (Å²) in [6.07, 6.45) is 6.58. The summed E-state index contributed by atoms with van der Waals surface area (Å²) in [6.45, 7) is 14.6. The van der Waals surface area contributed by atoms with Crippen molar-refractivity contribution in [3.05, 3.63) is 75.2 Å². The number of hydrogen-bond donors (Lipinski definition) is 3. The first-order chi connectivity index (χ1) is 30.6. The van der Waals surface area contributed by atoms with Gasteiger partial charge in [-0.3, -0.25) is 34.2 Å². The Bertz CT molecular complexity index is 2570. The molecule has 7 heterocycles. The van der Waals surface area contributed by atoms with Crippen molar-refractivity contribution in [3.63, 3.8) is 0 Å². The molecule has 1 unspecified atom stereocenters. The van der Waals surface area contributed by atoms with Gasteiger partial charge in [0.2, 0.25) is 17.8 Å². The van der Waals surface area contributed by atoms with Gasteiger partial charge in [0.25, 0.3) is 17.4 Å². The van der Waals surface area contributed by atoms with E-state index < -0.39 is 6.04 Å². The van der Waals surface area contributed by atoms with Crippen molar-refractivity contribution < 1.29 is 23.9 Å². The molecular weight excluding hydrogens is 836 g/mol. The van der Waals surface area contributed by atoms with Crippen molar-refractivity contribution in [1.29, 1.82) is 0 Å². The maximum atomic E-state index is 13.3. The molecule has 2 aromatic heterocycles. The van der Waals surface area contributed by atoms with E-state index >= 15 is 0 Å². The number of nitrogens with zero attached hydrogens (tertiary/aromatic N) is 7. The Labute approximate surface area is 377 Å². The first-order valence-electron chi connectivity index (χ1n) is 22.5. The molecule has 4 fully saturated rings. The molecule has 1 atom stereocenters. The van der Waals surface area contributed by atoms with Gasteiger partial charge in [-0.05, 0) is 127 Å². The number of nitrogens with one attached hydrogen (secondary N) is 3. The van der Waals surface area contributed by atoms with Crippen LogP contribution in [0.1, 0.15) is 88.2 Å². The second-order valence-electron chi connectivity index (χ2n) is 19.0. The normalized spacial score (nSPS) is 20.5. The van der Waals surface area contributed by atoms with E-state index in [1.807, 2.05) is 44.2 Å². The molecule has 4 amide bonds. The zero-order valence-electron chi connectivity index (χ0n) is 37.2. The molecule has 4 aromatic rings. The van der Waals surface area contributed by atoms with E-state index in [2.05, 4.69) is 55.5 Å². The molecule has 5 aliphatic heterocycles. The van der Waals surface area contributed by atoms with Crippen LogP contribution in [-0.2, 0) is 20.9 Å². The minimum atomic E-state index is -0.607. The van der Waals surface area contributed by atoms with E-state index in [1.165, 1.54) is 7.05 Å². The molecule has 0 aliphatic carbocycles. The Morgan fingerprint density at radius 3 is 2.44 bits per heavy atom. The molecule has 1 spiro atoms. The number of likely N-dealkylation sites (N-methyl/N-ethyl adjacent to an activating group) is 1. The summed E-state index contributed by atoms with van der Waals surface area (Å²) in [5, 5.41) is 9.42. The zero-order chi connectivity index (χ0) is 45.1. The highest BCUT2D eigenvalue weighted by Gasteiger charge is 2.48. The number of rotatable bonds is 11. The molecule has 338 valence electrons. The number of benzene rings is 2. The summed E-state index contributed by atoms with van der Waals surface area (Å²) >= 11 is 6.66. The number of pyridine rings is 1. The third-order valence-corrected chi connectivity index (χ3v) is 14.8. The summed E-state index contributed by atoms with van der Waals surface area (Å²) in [5.41, 5.74) is 4.21. The fourth-order valence-electron chi connectivity index (χ4n) is 10.6. The lowest BCUT2D eigenvalue weighted by atomic mass is 9.69. The molecule has 3 N–H and O–H groups in total. The zero-order valence-corrected chi connectivity index (χ0v) is 38.0. The van der Waals surface area contributed by atoms with Crippen LogP contribution in [0.15, 0.2) is 53.5 Å². The second-order valence-corrected chi connectivity index (χ2v) is 19.4. The number of fused-ring (bicyclic) bond motifs is 2. The van der Waals surface area contributed by atoms with Crippen LogP contribution in [0.25, 0.3) is 10.9 Å². The van der Waals surface area contributed by atoms with E-state index in [9.17, 15) is 24.0 Å². The van der Waals surface area contributed by atoms with Gasteiger partial charge in [-0.2, -0.15) is 4.98 Å². The van der Waals surface area contributed by atoms with Gasteiger partial charge in [-0.1, -0.05) is 11.6 Å². The van der Waals surface area contributed by atoms with Crippen LogP contribution in [0.5, 0.6) is 5.75 Å². The van der Waals surface area contributed by atoms with Crippen LogP contribution in [0.3, 0.4) is 0 Å². The predicted octanol–water partition coefficient (Wildman–Crippen LogP) is 5.25. The summed E-state index contributed by atoms with van der Waals surface area (Å²) in [4.78, 5) is 81.1. The number of ether oxygens (including phenoxy) is 1. The molecule has 9 rings (SSSR count). The van der Waals surface area contributed by atoms with Crippen LogP contribution < -0.4 is 36.0 Å². The molecule has 0 bridgehead atoms. The Kier molecular flexibility index (Phi) is 11.6. The minimum absolute atomic E-state index is 0.0373. The Morgan fingerprint density at radius 2 is 1.73 bits per heavy atom. The monoisotopic (exact) mass is 892 g/mol. The van der Waals surface area contributed by atoms with Gasteiger partial charge >= 0.3 is 0 Å². The molecule has 0 saturated carbocycles. The van der Waals surface area contributed by atoms with Crippen LogP contribution in [-0.4, -0.2) is 112 Å². The maximum absolute atomic E-state index is 13.3. The summed E-state index contributed by atoms with van der Waals surface area (Å²) < 4.78 is 7.30. The number of piperidine rings is 3. The van der Waals surface area contributed by atoms with Crippen molar-refractivity contribution >= 4 is 69.3 Å². The van der Waals surface area contributed by atoms with E-state index in [4.69, 9.17) is 21.3 Å². The highest BCUT2D eigenvalue weighted by molar-refractivity contribution is 6.33. The van der Waals surface area contributed by atoms with Gasteiger partial charge in [0.15, 0.2) is 18.2 Å². The van der Waals surface area contributed by atoms with Crippen molar-refractivity contribution in [3.8, 4) is 5.75 Å². The number of carbonyl (C=O) groups excluding carboxylic acids is 4. The molecular formula is C47H57ClN10O6. The van der Waals surface area contributed by atoms with Crippen molar-refractivity contribution in [2.24, 2.45) is 11.3 Å². The second kappa shape index (κ2) is 17.0. The third-order valence-electron chi connectivity index (χ3n) is 14.5. The molecule has 16 nitrogen and oxygen atoms in total. The quantitative estimate of drug-likeness (QED) is 0.167. The number of aromatic nitrogens is 3. The van der Waals surface area contributed by atoms with E-state index in [1.54, 1.807) is 21.7 Å². The third kappa shape index (κ3) is 8.14. The number of anilines is 4. The van der Waals surface area contributed by atoms with E-state index in [0.717, 1.165) is 92.8 Å². The van der Waals surface area contributed by atoms with Crippen LogP contribution >= 0.6 is 11.6 Å². The van der Waals surface area contributed by atoms with Gasteiger partial charge in [-0.15, -0.1) is 0 Å². The number of halogens is 1. The van der Waals surface area contributed by atoms with Gasteiger partial charge in [0, 0.05) is 85.5 Å². The fourth-order valence-corrected chi connectivity index (χ4v) is 10.7. The standard InChI is InChI=1S/C47H57ClN10O6/c1-28(2)58-36-9-6-32(20-29(36)22-38(44(58)63)64-25-40(60)49-5)51-41-35(48)23-50-45(53-41)54-16-12-31(13-17-54)46(3,4)56-18-14-47(15-19-56)26-55(27-47)33-7-8-34-30(21-33)24-57(43(34)62)37-10-11-39(59)52-42(37)61/h6-9,20-23,28,31,37H,10-19,24-27H2,1-5H3,(H,49,60)(H,50,51,53)(H,52,59,61).